The van der Waals surface area contributed by atoms with Gasteiger partial charge in [-0.3, -0.25) is 0 Å². The van der Waals surface area contributed by atoms with Gasteiger partial charge in [0.05, 0.1) is 13.2 Å². The second-order valence-electron chi connectivity index (χ2n) is 6.47. The van der Waals surface area contributed by atoms with Gasteiger partial charge in [-0.2, -0.15) is 0 Å². The second-order valence-corrected chi connectivity index (χ2v) is 6.47. The maximum absolute atomic E-state index is 12.4. The lowest BCUT2D eigenvalue weighted by molar-refractivity contribution is 0.154. The molecule has 6 heteroatoms. The van der Waals surface area contributed by atoms with Crippen molar-refractivity contribution < 1.29 is 14.3 Å². The number of likely N-dealkylation sites (N-methyl/N-ethyl adjacent to an activating group) is 1. The molecule has 1 saturated heterocycles. The van der Waals surface area contributed by atoms with Gasteiger partial charge < -0.3 is 24.6 Å². The summed E-state index contributed by atoms with van der Waals surface area (Å²) < 4.78 is 11.5. The van der Waals surface area contributed by atoms with Gasteiger partial charge in [-0.25, -0.2) is 4.79 Å². The fraction of sp³-hybridized carbons (Fsp3) is 0.588. The van der Waals surface area contributed by atoms with E-state index in [1.165, 1.54) is 11.1 Å². The summed E-state index contributed by atoms with van der Waals surface area (Å²) in [5.41, 5.74) is 3.51. The van der Waals surface area contributed by atoms with Crippen molar-refractivity contribution in [1.29, 1.82) is 0 Å². The van der Waals surface area contributed by atoms with Crippen LogP contribution in [-0.2, 0) is 19.4 Å². The maximum atomic E-state index is 12.4. The first-order valence-corrected chi connectivity index (χ1v) is 8.37. The van der Waals surface area contributed by atoms with Crippen LogP contribution in [0, 0.1) is 0 Å². The molecule has 1 N–H and O–H groups in total. The van der Waals surface area contributed by atoms with Gasteiger partial charge in [-0.1, -0.05) is 0 Å². The van der Waals surface area contributed by atoms with Crippen LogP contribution in [0.3, 0.4) is 0 Å². The number of amides is 2. The van der Waals surface area contributed by atoms with Crippen molar-refractivity contribution in [2.75, 3.05) is 46.4 Å². The molecule has 3 aliphatic rings. The summed E-state index contributed by atoms with van der Waals surface area (Å²) >= 11 is 0. The fourth-order valence-corrected chi connectivity index (χ4v) is 3.56. The van der Waals surface area contributed by atoms with Crippen molar-refractivity contribution in [3.8, 4) is 11.5 Å². The van der Waals surface area contributed by atoms with Gasteiger partial charge in [0.15, 0.2) is 0 Å². The minimum absolute atomic E-state index is 0.0152. The Labute approximate surface area is 136 Å². The predicted octanol–water partition coefficient (Wildman–Crippen LogP) is 1.01. The van der Waals surface area contributed by atoms with E-state index in [-0.39, 0.29) is 6.03 Å². The van der Waals surface area contributed by atoms with Crippen LogP contribution >= 0.6 is 0 Å². The number of benzene rings is 1. The zero-order valence-electron chi connectivity index (χ0n) is 13.6. The summed E-state index contributed by atoms with van der Waals surface area (Å²) in [7, 11) is 2.09. The molecule has 6 nitrogen and oxygen atoms in total. The summed E-state index contributed by atoms with van der Waals surface area (Å²) in [5.74, 6) is 1.94. The molecule has 124 valence electrons. The first-order chi connectivity index (χ1) is 11.2. The van der Waals surface area contributed by atoms with Gasteiger partial charge in [0, 0.05) is 62.3 Å². The minimum Gasteiger partial charge on any atom is -0.493 e. The van der Waals surface area contributed by atoms with E-state index in [0.29, 0.717) is 6.54 Å². The number of ether oxygens (including phenoxy) is 2. The predicted molar refractivity (Wildman–Crippen MR) is 86.1 cm³/mol. The number of carbonyl (C=O) groups is 1. The second kappa shape index (κ2) is 5.92. The third-order valence-corrected chi connectivity index (χ3v) is 4.97. The number of rotatable bonds is 2. The van der Waals surface area contributed by atoms with E-state index in [0.717, 1.165) is 69.3 Å². The quantitative estimate of drug-likeness (QED) is 0.885. The molecule has 0 spiro atoms. The van der Waals surface area contributed by atoms with E-state index in [4.69, 9.17) is 9.47 Å². The molecule has 1 aromatic rings. The van der Waals surface area contributed by atoms with Crippen LogP contribution in [-0.4, -0.2) is 62.3 Å². The molecule has 1 fully saturated rings. The molecule has 0 atom stereocenters. The first-order valence-electron chi connectivity index (χ1n) is 8.37. The molecular weight excluding hydrogens is 294 g/mol. The molecule has 0 aromatic heterocycles. The SMILES string of the molecule is CN1CCN(C(=O)NCc2c3c(cc4c2OCC4)OCC3)CC1. The van der Waals surface area contributed by atoms with Gasteiger partial charge >= 0.3 is 6.03 Å². The summed E-state index contributed by atoms with van der Waals surface area (Å²) in [6.07, 6.45) is 1.82. The van der Waals surface area contributed by atoms with Crippen molar-refractivity contribution in [3.05, 3.63) is 22.8 Å². The van der Waals surface area contributed by atoms with E-state index in [1.54, 1.807) is 0 Å². The number of nitrogens with zero attached hydrogens (tertiary/aromatic N) is 2. The van der Waals surface area contributed by atoms with Crippen LogP contribution < -0.4 is 14.8 Å². The van der Waals surface area contributed by atoms with Gasteiger partial charge in [0.2, 0.25) is 0 Å². The van der Waals surface area contributed by atoms with Crippen molar-refractivity contribution >= 4 is 6.03 Å². The maximum Gasteiger partial charge on any atom is 0.317 e. The van der Waals surface area contributed by atoms with Crippen LogP contribution in [0.15, 0.2) is 6.07 Å². The Morgan fingerprint density at radius 1 is 1.17 bits per heavy atom. The van der Waals surface area contributed by atoms with Gasteiger partial charge in [-0.15, -0.1) is 0 Å². The summed E-state index contributed by atoms with van der Waals surface area (Å²) in [6, 6.07) is 2.12. The van der Waals surface area contributed by atoms with Crippen molar-refractivity contribution in [2.45, 2.75) is 19.4 Å². The van der Waals surface area contributed by atoms with Crippen molar-refractivity contribution in [2.24, 2.45) is 0 Å². The highest BCUT2D eigenvalue weighted by atomic mass is 16.5. The average Bonchev–Trinajstić information content (AvgIpc) is 3.20. The van der Waals surface area contributed by atoms with Gasteiger partial charge in [-0.05, 0) is 13.1 Å². The Morgan fingerprint density at radius 3 is 2.78 bits per heavy atom. The molecule has 3 aliphatic heterocycles. The largest absolute Gasteiger partial charge is 0.493 e. The summed E-state index contributed by atoms with van der Waals surface area (Å²) in [4.78, 5) is 16.5. The molecule has 0 bridgehead atoms. The number of carbonyl (C=O) groups excluding carboxylic acids is 1. The molecule has 4 rings (SSSR count). The van der Waals surface area contributed by atoms with E-state index < -0.39 is 0 Å². The first kappa shape index (κ1) is 14.6. The Kier molecular flexibility index (Phi) is 3.77. The number of urea groups is 1. The van der Waals surface area contributed by atoms with Crippen LogP contribution in [0.4, 0.5) is 4.79 Å². The highest BCUT2D eigenvalue weighted by Gasteiger charge is 2.27. The van der Waals surface area contributed by atoms with E-state index in [1.807, 2.05) is 4.90 Å². The monoisotopic (exact) mass is 317 g/mol. The lowest BCUT2D eigenvalue weighted by Gasteiger charge is -2.32. The Balaban J connectivity index is 1.48. The lowest BCUT2D eigenvalue weighted by atomic mass is 9.99. The molecule has 0 unspecified atom stereocenters. The fourth-order valence-electron chi connectivity index (χ4n) is 3.56. The van der Waals surface area contributed by atoms with Crippen LogP contribution in [0.5, 0.6) is 11.5 Å². The molecule has 2 amide bonds. The van der Waals surface area contributed by atoms with Crippen LogP contribution in [0.25, 0.3) is 0 Å². The highest BCUT2D eigenvalue weighted by molar-refractivity contribution is 5.74. The van der Waals surface area contributed by atoms with E-state index >= 15 is 0 Å². The molecule has 1 aromatic carbocycles. The molecule has 0 radical (unpaired) electrons. The van der Waals surface area contributed by atoms with Crippen LogP contribution in [0.2, 0.25) is 0 Å². The number of hydrogen-bond acceptors (Lipinski definition) is 4. The Morgan fingerprint density at radius 2 is 1.96 bits per heavy atom. The normalized spacial score (nSPS) is 19.8. The van der Waals surface area contributed by atoms with Crippen molar-refractivity contribution in [3.63, 3.8) is 0 Å². The van der Waals surface area contributed by atoms with Gasteiger partial charge in [0.25, 0.3) is 0 Å². The highest BCUT2D eigenvalue weighted by Crippen LogP contribution is 2.40. The standard InChI is InChI=1S/C17H23N3O3/c1-19-4-6-20(7-5-19)17(21)18-11-14-13-3-9-22-15(13)10-12-2-8-23-16(12)14/h10H,2-9,11H2,1H3,(H,18,21). The zero-order valence-corrected chi connectivity index (χ0v) is 13.6. The topological polar surface area (TPSA) is 54.0 Å². The van der Waals surface area contributed by atoms with E-state index in [9.17, 15) is 4.79 Å². The Hall–Kier alpha value is -1.95. The van der Waals surface area contributed by atoms with Gasteiger partial charge in [0.1, 0.15) is 11.5 Å². The zero-order chi connectivity index (χ0) is 15.8. The van der Waals surface area contributed by atoms with E-state index in [2.05, 4.69) is 23.3 Å². The molecule has 0 aliphatic carbocycles. The number of fused-ring (bicyclic) bond motifs is 2. The smallest absolute Gasteiger partial charge is 0.317 e. The van der Waals surface area contributed by atoms with Crippen molar-refractivity contribution in [1.82, 2.24) is 15.1 Å². The number of piperazine rings is 1. The molecule has 23 heavy (non-hydrogen) atoms. The Bertz CT molecular complexity index is 592. The summed E-state index contributed by atoms with van der Waals surface area (Å²) in [5, 5.41) is 3.08. The molecular formula is C17H23N3O3. The number of hydrogen-bond donors (Lipinski definition) is 1. The molecule has 3 heterocycles. The summed E-state index contributed by atoms with van der Waals surface area (Å²) in [6.45, 7) is 5.39. The average molecular weight is 317 g/mol. The third kappa shape index (κ3) is 2.72. The number of nitrogens with one attached hydrogen (secondary N) is 1. The third-order valence-electron chi connectivity index (χ3n) is 4.97. The minimum atomic E-state index is 0.0152. The molecule has 0 saturated carbocycles. The van der Waals surface area contributed by atoms with Crippen LogP contribution in [0.1, 0.15) is 16.7 Å². The lowest BCUT2D eigenvalue weighted by Crippen LogP contribution is -2.50.